The summed E-state index contributed by atoms with van der Waals surface area (Å²) in [4.78, 5) is 0. The molecule has 0 radical (unpaired) electrons. The summed E-state index contributed by atoms with van der Waals surface area (Å²) in [6, 6.07) is 10.6. The molecule has 0 unspecified atom stereocenters. The lowest BCUT2D eigenvalue weighted by Crippen LogP contribution is -2.13. The van der Waals surface area contributed by atoms with Crippen LogP contribution in [0.15, 0.2) is 42.7 Å². The van der Waals surface area contributed by atoms with Crippen LogP contribution in [0.4, 0.5) is 0 Å². The number of rotatable bonds is 3. The second-order valence-electron chi connectivity index (χ2n) is 3.73. The lowest BCUT2D eigenvalue weighted by Gasteiger charge is -2.19. The van der Waals surface area contributed by atoms with Crippen molar-refractivity contribution in [1.82, 2.24) is 0 Å². The minimum absolute atomic E-state index is 0.431. The van der Waals surface area contributed by atoms with E-state index in [4.69, 9.17) is 4.74 Å². The lowest BCUT2D eigenvalue weighted by atomic mass is 10.0. The Morgan fingerprint density at radius 2 is 2.07 bits per heavy atom. The van der Waals surface area contributed by atoms with E-state index >= 15 is 0 Å². The van der Waals surface area contributed by atoms with E-state index in [1.807, 2.05) is 6.26 Å². The third kappa shape index (κ3) is 2.63. The standard InChI is InChI=1S/C13H16O/c1-2-6-12(7-3-1)9-10-13-8-4-5-11-14-13/h1-3,5-7,11,13H,4,8-10H2/t13-/m0/s1. The van der Waals surface area contributed by atoms with Gasteiger partial charge in [-0.05, 0) is 37.3 Å². The van der Waals surface area contributed by atoms with Gasteiger partial charge in [0.05, 0.1) is 12.4 Å². The summed E-state index contributed by atoms with van der Waals surface area (Å²) >= 11 is 0. The van der Waals surface area contributed by atoms with Crippen LogP contribution in [0.1, 0.15) is 24.8 Å². The van der Waals surface area contributed by atoms with Crippen molar-refractivity contribution in [3.05, 3.63) is 48.2 Å². The number of benzene rings is 1. The van der Waals surface area contributed by atoms with E-state index in [1.54, 1.807) is 0 Å². The molecule has 1 heterocycles. The average molecular weight is 188 g/mol. The van der Waals surface area contributed by atoms with Gasteiger partial charge >= 0.3 is 0 Å². The van der Waals surface area contributed by atoms with E-state index in [9.17, 15) is 0 Å². The summed E-state index contributed by atoms with van der Waals surface area (Å²) in [5.74, 6) is 0. The molecule has 2 rings (SSSR count). The van der Waals surface area contributed by atoms with Crippen LogP contribution in [0.25, 0.3) is 0 Å². The van der Waals surface area contributed by atoms with Gasteiger partial charge in [-0.25, -0.2) is 0 Å². The van der Waals surface area contributed by atoms with Crippen LogP contribution in [0.5, 0.6) is 0 Å². The number of hydrogen-bond acceptors (Lipinski definition) is 1. The van der Waals surface area contributed by atoms with E-state index in [0.29, 0.717) is 6.10 Å². The highest BCUT2D eigenvalue weighted by molar-refractivity contribution is 5.14. The van der Waals surface area contributed by atoms with Crippen molar-refractivity contribution in [2.45, 2.75) is 31.8 Å². The van der Waals surface area contributed by atoms with Crippen LogP contribution in [0, 0.1) is 0 Å². The monoisotopic (exact) mass is 188 g/mol. The van der Waals surface area contributed by atoms with Gasteiger partial charge in [0.2, 0.25) is 0 Å². The highest BCUT2D eigenvalue weighted by Crippen LogP contribution is 2.15. The van der Waals surface area contributed by atoms with Gasteiger partial charge in [0.15, 0.2) is 0 Å². The average Bonchev–Trinajstić information content (AvgIpc) is 2.29. The number of aryl methyl sites for hydroxylation is 1. The summed E-state index contributed by atoms with van der Waals surface area (Å²) in [6.45, 7) is 0. The molecule has 0 N–H and O–H groups in total. The molecule has 1 atom stereocenters. The minimum Gasteiger partial charge on any atom is -0.498 e. The van der Waals surface area contributed by atoms with Gasteiger partial charge in [0.25, 0.3) is 0 Å². The fourth-order valence-electron chi connectivity index (χ4n) is 1.77. The highest BCUT2D eigenvalue weighted by Gasteiger charge is 2.10. The largest absolute Gasteiger partial charge is 0.498 e. The van der Waals surface area contributed by atoms with Crippen molar-refractivity contribution >= 4 is 0 Å². The molecular weight excluding hydrogens is 172 g/mol. The summed E-state index contributed by atoms with van der Waals surface area (Å²) in [7, 11) is 0. The highest BCUT2D eigenvalue weighted by atomic mass is 16.5. The van der Waals surface area contributed by atoms with Crippen LogP contribution >= 0.6 is 0 Å². The fourth-order valence-corrected chi connectivity index (χ4v) is 1.77. The Labute approximate surface area is 85.4 Å². The first kappa shape index (κ1) is 9.32. The molecule has 14 heavy (non-hydrogen) atoms. The molecule has 74 valence electrons. The Bertz CT molecular complexity index is 289. The molecule has 1 aromatic rings. The van der Waals surface area contributed by atoms with E-state index in [-0.39, 0.29) is 0 Å². The van der Waals surface area contributed by atoms with Gasteiger partial charge < -0.3 is 4.74 Å². The minimum atomic E-state index is 0.431. The number of hydrogen-bond donors (Lipinski definition) is 0. The second kappa shape index (κ2) is 4.85. The molecular formula is C13H16O. The molecule has 1 heteroatoms. The van der Waals surface area contributed by atoms with Crippen molar-refractivity contribution in [3.63, 3.8) is 0 Å². The van der Waals surface area contributed by atoms with Crippen LogP contribution in [-0.2, 0) is 11.2 Å². The lowest BCUT2D eigenvalue weighted by molar-refractivity contribution is 0.116. The molecule has 1 aliphatic rings. The summed E-state index contributed by atoms with van der Waals surface area (Å²) in [6.07, 6.45) is 8.97. The first-order valence-electron chi connectivity index (χ1n) is 5.29. The van der Waals surface area contributed by atoms with Gasteiger partial charge in [0.1, 0.15) is 0 Å². The Hall–Kier alpha value is -1.24. The van der Waals surface area contributed by atoms with Crippen molar-refractivity contribution in [2.75, 3.05) is 0 Å². The third-order valence-electron chi connectivity index (χ3n) is 2.62. The van der Waals surface area contributed by atoms with Gasteiger partial charge in [-0.1, -0.05) is 30.3 Å². The van der Waals surface area contributed by atoms with Gasteiger partial charge in [-0.2, -0.15) is 0 Å². The predicted molar refractivity (Wildman–Crippen MR) is 58.0 cm³/mol. The normalized spacial score (nSPS) is 20.4. The Balaban J connectivity index is 1.80. The molecule has 0 fully saturated rings. The van der Waals surface area contributed by atoms with E-state index in [2.05, 4.69) is 36.4 Å². The molecule has 0 spiro atoms. The van der Waals surface area contributed by atoms with Crippen LogP contribution in [0.2, 0.25) is 0 Å². The number of ether oxygens (including phenoxy) is 1. The molecule has 0 saturated heterocycles. The Kier molecular flexibility index (Phi) is 3.23. The van der Waals surface area contributed by atoms with E-state index in [0.717, 1.165) is 12.8 Å². The summed E-state index contributed by atoms with van der Waals surface area (Å²) < 4.78 is 5.52. The van der Waals surface area contributed by atoms with Gasteiger partial charge in [0, 0.05) is 0 Å². The molecule has 0 saturated carbocycles. The molecule has 1 aliphatic heterocycles. The maximum absolute atomic E-state index is 5.52. The summed E-state index contributed by atoms with van der Waals surface area (Å²) in [5, 5.41) is 0. The van der Waals surface area contributed by atoms with Gasteiger partial charge in [-0.15, -0.1) is 0 Å². The maximum atomic E-state index is 5.52. The smallest absolute Gasteiger partial charge is 0.0984 e. The van der Waals surface area contributed by atoms with E-state index < -0.39 is 0 Å². The molecule has 0 aliphatic carbocycles. The molecule has 0 bridgehead atoms. The molecule has 1 aromatic carbocycles. The quantitative estimate of drug-likeness (QED) is 0.707. The van der Waals surface area contributed by atoms with Crippen LogP contribution < -0.4 is 0 Å². The Morgan fingerprint density at radius 1 is 1.21 bits per heavy atom. The zero-order valence-electron chi connectivity index (χ0n) is 8.36. The fraction of sp³-hybridized carbons (Fsp3) is 0.385. The second-order valence-corrected chi connectivity index (χ2v) is 3.73. The third-order valence-corrected chi connectivity index (χ3v) is 2.62. The van der Waals surface area contributed by atoms with Gasteiger partial charge in [-0.3, -0.25) is 0 Å². The molecule has 0 aromatic heterocycles. The van der Waals surface area contributed by atoms with Crippen molar-refractivity contribution in [1.29, 1.82) is 0 Å². The zero-order valence-corrected chi connectivity index (χ0v) is 8.36. The number of allylic oxidation sites excluding steroid dienone is 1. The summed E-state index contributed by atoms with van der Waals surface area (Å²) in [5.41, 5.74) is 1.41. The van der Waals surface area contributed by atoms with Crippen LogP contribution in [-0.4, -0.2) is 6.10 Å². The molecule has 0 amide bonds. The van der Waals surface area contributed by atoms with Crippen molar-refractivity contribution in [3.8, 4) is 0 Å². The topological polar surface area (TPSA) is 9.23 Å². The first-order chi connectivity index (χ1) is 6.95. The van der Waals surface area contributed by atoms with Crippen LogP contribution in [0.3, 0.4) is 0 Å². The van der Waals surface area contributed by atoms with Crippen molar-refractivity contribution in [2.24, 2.45) is 0 Å². The molecule has 1 nitrogen and oxygen atoms in total. The Morgan fingerprint density at radius 3 is 2.79 bits per heavy atom. The predicted octanol–water partition coefficient (Wildman–Crippen LogP) is 3.31. The van der Waals surface area contributed by atoms with Crippen molar-refractivity contribution < 1.29 is 4.74 Å². The zero-order chi connectivity index (χ0) is 9.64. The first-order valence-corrected chi connectivity index (χ1v) is 5.29. The maximum Gasteiger partial charge on any atom is 0.0984 e. The van der Waals surface area contributed by atoms with E-state index in [1.165, 1.54) is 18.4 Å². The SMILES string of the molecule is C1=CO[C@H](CCc2ccccc2)CC1.